The van der Waals surface area contributed by atoms with Crippen molar-refractivity contribution in [1.82, 2.24) is 20.3 Å². The second-order valence-corrected chi connectivity index (χ2v) is 4.55. The molecular weight excluding hydrogens is 248 g/mol. The Morgan fingerprint density at radius 1 is 0.850 bits per heavy atom. The summed E-state index contributed by atoms with van der Waals surface area (Å²) >= 11 is 0. The van der Waals surface area contributed by atoms with Gasteiger partial charge in [-0.1, -0.05) is 48.5 Å². The first-order chi connectivity index (χ1) is 9.92. The summed E-state index contributed by atoms with van der Waals surface area (Å²) < 4.78 is 0. The van der Waals surface area contributed by atoms with Gasteiger partial charge in [0, 0.05) is 13.1 Å². The highest BCUT2D eigenvalue weighted by Gasteiger charge is 2.02. The molecule has 0 amide bonds. The van der Waals surface area contributed by atoms with E-state index >= 15 is 0 Å². The van der Waals surface area contributed by atoms with Crippen molar-refractivity contribution in [2.24, 2.45) is 0 Å². The summed E-state index contributed by atoms with van der Waals surface area (Å²) in [6.07, 6.45) is 1.80. The molecule has 0 spiro atoms. The fourth-order valence-electron chi connectivity index (χ4n) is 1.99. The molecule has 100 valence electrons. The lowest BCUT2D eigenvalue weighted by atomic mass is 10.2. The Labute approximate surface area is 118 Å². The van der Waals surface area contributed by atoms with Crippen molar-refractivity contribution in [1.29, 1.82) is 0 Å². The molecule has 0 atom stereocenters. The molecule has 3 rings (SSSR count). The first-order valence-corrected chi connectivity index (χ1v) is 6.63. The van der Waals surface area contributed by atoms with E-state index in [0.717, 1.165) is 17.9 Å². The zero-order valence-corrected chi connectivity index (χ0v) is 11.1. The molecule has 1 aromatic heterocycles. The highest BCUT2D eigenvalue weighted by molar-refractivity contribution is 5.28. The van der Waals surface area contributed by atoms with Crippen molar-refractivity contribution in [3.63, 3.8) is 0 Å². The van der Waals surface area contributed by atoms with E-state index in [1.165, 1.54) is 5.56 Å². The summed E-state index contributed by atoms with van der Waals surface area (Å²) in [5.74, 6) is 0. The second kappa shape index (κ2) is 6.12. The van der Waals surface area contributed by atoms with Crippen LogP contribution in [0.2, 0.25) is 0 Å². The SMILES string of the molecule is c1ccc(CNCc2cnn(-c3ccccc3)n2)cc1. The van der Waals surface area contributed by atoms with Gasteiger partial charge in [0.2, 0.25) is 0 Å². The van der Waals surface area contributed by atoms with Gasteiger partial charge in [0.05, 0.1) is 17.6 Å². The maximum absolute atomic E-state index is 4.45. The van der Waals surface area contributed by atoms with Gasteiger partial charge in [-0.15, -0.1) is 0 Å². The van der Waals surface area contributed by atoms with Crippen molar-refractivity contribution in [2.75, 3.05) is 0 Å². The Kier molecular flexibility index (Phi) is 3.85. The van der Waals surface area contributed by atoms with E-state index < -0.39 is 0 Å². The lowest BCUT2D eigenvalue weighted by Crippen LogP contribution is -2.13. The van der Waals surface area contributed by atoms with Gasteiger partial charge in [-0.2, -0.15) is 15.0 Å². The molecule has 0 aliphatic rings. The van der Waals surface area contributed by atoms with Crippen LogP contribution in [0.5, 0.6) is 0 Å². The van der Waals surface area contributed by atoms with Crippen LogP contribution in [-0.4, -0.2) is 15.0 Å². The Hall–Kier alpha value is -2.46. The fraction of sp³-hybridized carbons (Fsp3) is 0.125. The molecule has 4 heteroatoms. The molecule has 0 unspecified atom stereocenters. The van der Waals surface area contributed by atoms with Gasteiger partial charge in [0.15, 0.2) is 0 Å². The van der Waals surface area contributed by atoms with E-state index in [9.17, 15) is 0 Å². The Balaban J connectivity index is 1.58. The summed E-state index contributed by atoms with van der Waals surface area (Å²) in [5, 5.41) is 12.1. The van der Waals surface area contributed by atoms with Gasteiger partial charge in [0.25, 0.3) is 0 Å². The molecule has 1 N–H and O–H groups in total. The van der Waals surface area contributed by atoms with Crippen LogP contribution in [-0.2, 0) is 13.1 Å². The third-order valence-electron chi connectivity index (χ3n) is 3.00. The summed E-state index contributed by atoms with van der Waals surface area (Å²) in [4.78, 5) is 1.65. The van der Waals surface area contributed by atoms with Crippen molar-refractivity contribution >= 4 is 0 Å². The quantitative estimate of drug-likeness (QED) is 0.770. The number of para-hydroxylation sites is 1. The van der Waals surface area contributed by atoms with Gasteiger partial charge in [0.1, 0.15) is 0 Å². The number of rotatable bonds is 5. The van der Waals surface area contributed by atoms with Gasteiger partial charge in [-0.25, -0.2) is 0 Å². The lowest BCUT2D eigenvalue weighted by molar-refractivity contribution is 0.662. The van der Waals surface area contributed by atoms with Gasteiger partial charge < -0.3 is 5.32 Å². The standard InChI is InChI=1S/C16H16N4/c1-3-7-14(8-4-1)11-17-12-15-13-18-20(19-15)16-9-5-2-6-10-16/h1-10,13,17H,11-12H2. The smallest absolute Gasteiger partial charge is 0.0969 e. The monoisotopic (exact) mass is 264 g/mol. The summed E-state index contributed by atoms with van der Waals surface area (Å²) in [6.45, 7) is 1.54. The molecule has 2 aromatic carbocycles. The molecule has 0 radical (unpaired) electrons. The molecule has 0 saturated heterocycles. The minimum absolute atomic E-state index is 0.710. The predicted octanol–water partition coefficient (Wildman–Crippen LogP) is 2.56. The van der Waals surface area contributed by atoms with Crippen LogP contribution < -0.4 is 5.32 Å². The van der Waals surface area contributed by atoms with Crippen molar-refractivity contribution < 1.29 is 0 Å². The van der Waals surface area contributed by atoms with Crippen molar-refractivity contribution in [3.05, 3.63) is 78.1 Å². The molecule has 0 saturated carbocycles. The van der Waals surface area contributed by atoms with Crippen LogP contribution in [0.1, 0.15) is 11.3 Å². The third kappa shape index (κ3) is 3.10. The summed E-state index contributed by atoms with van der Waals surface area (Å²) in [6, 6.07) is 20.2. The number of hydrogen-bond donors (Lipinski definition) is 1. The second-order valence-electron chi connectivity index (χ2n) is 4.55. The van der Waals surface area contributed by atoms with E-state index in [1.54, 1.807) is 11.0 Å². The predicted molar refractivity (Wildman–Crippen MR) is 78.3 cm³/mol. The van der Waals surface area contributed by atoms with Crippen LogP contribution >= 0.6 is 0 Å². The first-order valence-electron chi connectivity index (χ1n) is 6.63. The Bertz CT molecular complexity index is 647. The van der Waals surface area contributed by atoms with Crippen LogP contribution in [0.25, 0.3) is 5.69 Å². The molecule has 0 fully saturated rings. The van der Waals surface area contributed by atoms with E-state index in [0.29, 0.717) is 6.54 Å². The van der Waals surface area contributed by atoms with E-state index in [1.807, 2.05) is 48.5 Å². The Morgan fingerprint density at radius 3 is 2.30 bits per heavy atom. The zero-order valence-electron chi connectivity index (χ0n) is 11.1. The van der Waals surface area contributed by atoms with Crippen molar-refractivity contribution in [2.45, 2.75) is 13.1 Å². The number of benzene rings is 2. The molecule has 0 bridgehead atoms. The largest absolute Gasteiger partial charge is 0.307 e. The van der Waals surface area contributed by atoms with Gasteiger partial charge >= 0.3 is 0 Å². The zero-order chi connectivity index (χ0) is 13.6. The summed E-state index contributed by atoms with van der Waals surface area (Å²) in [7, 11) is 0. The highest BCUT2D eigenvalue weighted by Crippen LogP contribution is 2.04. The average molecular weight is 264 g/mol. The van der Waals surface area contributed by atoms with Crippen LogP contribution in [0.15, 0.2) is 66.9 Å². The van der Waals surface area contributed by atoms with Gasteiger partial charge in [-0.05, 0) is 17.7 Å². The van der Waals surface area contributed by atoms with E-state index in [-0.39, 0.29) is 0 Å². The molecule has 3 aromatic rings. The minimum atomic E-state index is 0.710. The van der Waals surface area contributed by atoms with E-state index in [4.69, 9.17) is 0 Å². The molecule has 20 heavy (non-hydrogen) atoms. The summed E-state index contributed by atoms with van der Waals surface area (Å²) in [5.41, 5.74) is 3.18. The minimum Gasteiger partial charge on any atom is -0.307 e. The number of aromatic nitrogens is 3. The number of nitrogens with one attached hydrogen (secondary N) is 1. The lowest BCUT2D eigenvalue weighted by Gasteiger charge is -2.02. The van der Waals surface area contributed by atoms with E-state index in [2.05, 4.69) is 27.6 Å². The third-order valence-corrected chi connectivity index (χ3v) is 3.00. The molecular formula is C16H16N4. The van der Waals surface area contributed by atoms with Crippen LogP contribution in [0.3, 0.4) is 0 Å². The normalized spacial score (nSPS) is 10.6. The number of nitrogens with zero attached hydrogens (tertiary/aromatic N) is 3. The fourth-order valence-corrected chi connectivity index (χ4v) is 1.99. The van der Waals surface area contributed by atoms with Crippen LogP contribution in [0, 0.1) is 0 Å². The maximum atomic E-state index is 4.45. The Morgan fingerprint density at radius 2 is 1.55 bits per heavy atom. The first kappa shape index (κ1) is 12.6. The molecule has 0 aliphatic carbocycles. The average Bonchev–Trinajstić information content (AvgIpc) is 2.98. The molecule has 4 nitrogen and oxygen atoms in total. The molecule has 1 heterocycles. The maximum Gasteiger partial charge on any atom is 0.0969 e. The molecule has 0 aliphatic heterocycles. The number of hydrogen-bond acceptors (Lipinski definition) is 3. The van der Waals surface area contributed by atoms with Crippen molar-refractivity contribution in [3.8, 4) is 5.69 Å². The van der Waals surface area contributed by atoms with Crippen LogP contribution in [0.4, 0.5) is 0 Å². The van der Waals surface area contributed by atoms with Gasteiger partial charge in [-0.3, -0.25) is 0 Å². The topological polar surface area (TPSA) is 42.7 Å². The highest BCUT2D eigenvalue weighted by atomic mass is 15.5.